The minimum absolute atomic E-state index is 0.666. The molecule has 0 bridgehead atoms. The summed E-state index contributed by atoms with van der Waals surface area (Å²) >= 11 is -1.68. The Morgan fingerprint density at radius 2 is 2.20 bits per heavy atom. The number of fused-ring (bicyclic) bond motifs is 1. The Hall–Kier alpha value is -0.661. The predicted molar refractivity (Wildman–Crippen MR) is 41.0 cm³/mol. The molecule has 1 atom stereocenters. The molecule has 0 amide bonds. The molecule has 0 aromatic heterocycles. The molecule has 0 aliphatic carbocycles. The first-order valence-electron chi connectivity index (χ1n) is 3.09. The van der Waals surface area contributed by atoms with Gasteiger partial charge in [-0.25, -0.2) is 0 Å². The van der Waals surface area contributed by atoms with Crippen molar-refractivity contribution in [1.82, 2.24) is 0 Å². The van der Waals surface area contributed by atoms with Gasteiger partial charge in [0.05, 0.1) is 0 Å². The van der Waals surface area contributed by atoms with E-state index in [2.05, 4.69) is 5.32 Å². The fraction of sp³-hybridized carbons (Fsp3) is 0.143. The van der Waals surface area contributed by atoms with Crippen LogP contribution in [0.1, 0.15) is 0 Å². The first-order valence-corrected chi connectivity index (χ1v) is 5.86. The maximum atomic E-state index is 11.2. The number of anilines is 1. The summed E-state index contributed by atoms with van der Waals surface area (Å²) in [5.41, 5.74) is 1.72. The van der Waals surface area contributed by atoms with Crippen LogP contribution >= 0.6 is 0 Å². The van der Waals surface area contributed by atoms with Crippen molar-refractivity contribution in [3.05, 3.63) is 24.3 Å². The Morgan fingerprint density at radius 3 is 3.00 bits per heavy atom. The van der Waals surface area contributed by atoms with E-state index < -0.39 is 13.8 Å². The van der Waals surface area contributed by atoms with Crippen LogP contribution in [0, 0.1) is 0 Å². The van der Waals surface area contributed by atoms with Gasteiger partial charge in [-0.05, 0) is 0 Å². The van der Waals surface area contributed by atoms with E-state index in [1.54, 1.807) is 0 Å². The van der Waals surface area contributed by atoms with Gasteiger partial charge >= 0.3 is 62.8 Å². The molecule has 0 fully saturated rings. The van der Waals surface area contributed by atoms with Crippen molar-refractivity contribution < 1.29 is 3.83 Å². The SMILES string of the molecule is O=[Se]1CNc2ccccc21. The van der Waals surface area contributed by atoms with Gasteiger partial charge in [0.25, 0.3) is 0 Å². The molecular weight excluding hydrogens is 193 g/mol. The van der Waals surface area contributed by atoms with Crippen LogP contribution in [0.15, 0.2) is 24.3 Å². The number of hydrogen-bond donors (Lipinski definition) is 1. The van der Waals surface area contributed by atoms with Crippen LogP contribution in [-0.4, -0.2) is 19.3 Å². The Kier molecular flexibility index (Phi) is 1.33. The summed E-state index contributed by atoms with van der Waals surface area (Å²) in [6.07, 6.45) is 0. The maximum absolute atomic E-state index is 11.2. The van der Waals surface area contributed by atoms with E-state index >= 15 is 0 Å². The number of nitrogens with one attached hydrogen (secondary N) is 1. The second kappa shape index (κ2) is 2.18. The predicted octanol–water partition coefficient (Wildman–Crippen LogP) is 0.280. The number of benzene rings is 1. The van der Waals surface area contributed by atoms with Gasteiger partial charge in [-0.2, -0.15) is 0 Å². The van der Waals surface area contributed by atoms with Crippen molar-refractivity contribution in [2.24, 2.45) is 0 Å². The van der Waals surface area contributed by atoms with Gasteiger partial charge in [0.2, 0.25) is 0 Å². The minimum atomic E-state index is -1.68. The van der Waals surface area contributed by atoms with E-state index in [1.165, 1.54) is 0 Å². The van der Waals surface area contributed by atoms with Crippen LogP contribution in [0.2, 0.25) is 0 Å². The summed E-state index contributed by atoms with van der Waals surface area (Å²) < 4.78 is 12.2. The van der Waals surface area contributed by atoms with E-state index in [0.29, 0.717) is 5.44 Å². The molecule has 3 heteroatoms. The standard InChI is InChI=1S/C7H7NOSe/c9-10-5-8-6-3-1-2-4-7(6)10/h1-4,8H,5H2. The zero-order chi connectivity index (χ0) is 6.97. The Bertz CT molecular complexity index is 285. The second-order valence-corrected chi connectivity index (χ2v) is 5.14. The Morgan fingerprint density at radius 1 is 1.40 bits per heavy atom. The van der Waals surface area contributed by atoms with Crippen molar-refractivity contribution in [1.29, 1.82) is 0 Å². The zero-order valence-corrected chi connectivity index (χ0v) is 7.05. The topological polar surface area (TPSA) is 29.1 Å². The molecule has 10 heavy (non-hydrogen) atoms. The molecule has 1 aromatic rings. The summed E-state index contributed by atoms with van der Waals surface area (Å²) in [6, 6.07) is 7.79. The van der Waals surface area contributed by atoms with Crippen LogP contribution in [0.25, 0.3) is 0 Å². The van der Waals surface area contributed by atoms with Crippen LogP contribution in [0.3, 0.4) is 0 Å². The van der Waals surface area contributed by atoms with E-state index in [0.717, 1.165) is 10.1 Å². The van der Waals surface area contributed by atoms with Crippen molar-refractivity contribution >= 4 is 24.0 Å². The summed E-state index contributed by atoms with van der Waals surface area (Å²) in [4.78, 5) is 0. The molecule has 1 aliphatic rings. The molecule has 2 rings (SSSR count). The van der Waals surface area contributed by atoms with Crippen molar-refractivity contribution in [3.63, 3.8) is 0 Å². The fourth-order valence-corrected chi connectivity index (χ4v) is 3.25. The fourth-order valence-electron chi connectivity index (χ4n) is 1.03. The van der Waals surface area contributed by atoms with E-state index in [9.17, 15) is 3.83 Å². The van der Waals surface area contributed by atoms with E-state index in [1.807, 2.05) is 24.3 Å². The summed E-state index contributed by atoms with van der Waals surface area (Å²) in [5.74, 6) is 0. The molecule has 0 radical (unpaired) electrons. The normalized spacial score (nSPS) is 21.8. The zero-order valence-electron chi connectivity index (χ0n) is 5.33. The second-order valence-electron chi connectivity index (χ2n) is 2.16. The molecule has 0 saturated carbocycles. The van der Waals surface area contributed by atoms with Gasteiger partial charge in [0, 0.05) is 0 Å². The molecule has 1 aliphatic heterocycles. The molecule has 1 heterocycles. The number of hydrogen-bond acceptors (Lipinski definition) is 2. The first kappa shape index (κ1) is 6.08. The Balaban J connectivity index is 2.61. The molecule has 1 unspecified atom stereocenters. The van der Waals surface area contributed by atoms with Crippen LogP contribution in [0.4, 0.5) is 5.69 Å². The molecular formula is C7H7NOSe. The van der Waals surface area contributed by atoms with Crippen LogP contribution in [0.5, 0.6) is 0 Å². The third-order valence-electron chi connectivity index (χ3n) is 1.53. The van der Waals surface area contributed by atoms with E-state index in [-0.39, 0.29) is 0 Å². The van der Waals surface area contributed by atoms with Crippen LogP contribution < -0.4 is 9.78 Å². The number of para-hydroxylation sites is 1. The first-order chi connectivity index (χ1) is 4.88. The van der Waals surface area contributed by atoms with Crippen molar-refractivity contribution in [3.8, 4) is 0 Å². The third-order valence-corrected chi connectivity index (χ3v) is 4.16. The Labute approximate surface area is 63.3 Å². The van der Waals surface area contributed by atoms with E-state index in [4.69, 9.17) is 0 Å². The summed E-state index contributed by atoms with van der Waals surface area (Å²) in [6.45, 7) is 0. The average molecular weight is 200 g/mol. The monoisotopic (exact) mass is 201 g/mol. The average Bonchev–Trinajstić information content (AvgIpc) is 2.34. The van der Waals surface area contributed by atoms with Gasteiger partial charge in [-0.3, -0.25) is 0 Å². The molecule has 1 aromatic carbocycles. The van der Waals surface area contributed by atoms with Gasteiger partial charge in [-0.1, -0.05) is 0 Å². The van der Waals surface area contributed by atoms with Gasteiger partial charge in [0.1, 0.15) is 0 Å². The summed E-state index contributed by atoms with van der Waals surface area (Å²) in [7, 11) is 0. The van der Waals surface area contributed by atoms with Gasteiger partial charge in [-0.15, -0.1) is 0 Å². The molecule has 0 saturated heterocycles. The molecule has 0 spiro atoms. The van der Waals surface area contributed by atoms with Gasteiger partial charge in [0.15, 0.2) is 0 Å². The van der Waals surface area contributed by atoms with Crippen LogP contribution in [-0.2, 0) is 3.83 Å². The van der Waals surface area contributed by atoms with Crippen molar-refractivity contribution in [2.75, 3.05) is 10.8 Å². The molecule has 1 N–H and O–H groups in total. The quantitative estimate of drug-likeness (QED) is 0.609. The number of rotatable bonds is 0. The molecule has 52 valence electrons. The summed E-state index contributed by atoms with van der Waals surface area (Å²) in [5, 5.41) is 3.09. The van der Waals surface area contributed by atoms with Crippen molar-refractivity contribution in [2.45, 2.75) is 0 Å². The van der Waals surface area contributed by atoms with Gasteiger partial charge < -0.3 is 0 Å². The third kappa shape index (κ3) is 0.789. The molecule has 2 nitrogen and oxygen atoms in total.